The second-order valence-electron chi connectivity index (χ2n) is 5.26. The molecule has 1 N–H and O–H groups in total. The molecule has 0 aliphatic carbocycles. The zero-order chi connectivity index (χ0) is 17.9. The molecule has 0 aliphatic heterocycles. The number of amides is 1. The van der Waals surface area contributed by atoms with Gasteiger partial charge in [0.25, 0.3) is 0 Å². The Balaban J connectivity index is 2.20. The molecule has 2 rings (SSSR count). The summed E-state index contributed by atoms with van der Waals surface area (Å²) in [6, 6.07) is 12.2. The summed E-state index contributed by atoms with van der Waals surface area (Å²) in [5, 5.41) is 2.72. The first-order valence-corrected chi connectivity index (χ1v) is 10.4. The number of rotatable bonds is 5. The molecule has 24 heavy (non-hydrogen) atoms. The van der Waals surface area contributed by atoms with E-state index in [-0.39, 0.29) is 6.54 Å². The fraction of sp³-hybridized carbons (Fsp3) is 0.188. The van der Waals surface area contributed by atoms with E-state index >= 15 is 0 Å². The number of carbonyl (C=O) groups is 1. The minimum Gasteiger partial charge on any atom is -0.325 e. The van der Waals surface area contributed by atoms with Gasteiger partial charge in [-0.15, -0.1) is 0 Å². The summed E-state index contributed by atoms with van der Waals surface area (Å²) >= 11 is 6.70. The van der Waals surface area contributed by atoms with Crippen LogP contribution in [-0.4, -0.2) is 27.1 Å². The van der Waals surface area contributed by atoms with E-state index in [0.29, 0.717) is 11.4 Å². The van der Waals surface area contributed by atoms with Crippen LogP contribution in [0.4, 0.5) is 11.4 Å². The first kappa shape index (κ1) is 19.0. The molecule has 0 unspecified atom stereocenters. The summed E-state index contributed by atoms with van der Waals surface area (Å²) in [5.41, 5.74) is 2.01. The Kier molecular flexibility index (Phi) is 6.06. The van der Waals surface area contributed by atoms with Crippen LogP contribution < -0.4 is 9.62 Å². The third kappa shape index (κ3) is 5.06. The van der Waals surface area contributed by atoms with Gasteiger partial charge in [-0.1, -0.05) is 37.9 Å². The third-order valence-corrected chi connectivity index (χ3v) is 5.75. The largest absolute Gasteiger partial charge is 0.325 e. The number of aryl methyl sites for hydroxylation is 1. The number of hydrogen-bond acceptors (Lipinski definition) is 3. The maximum atomic E-state index is 12.3. The molecule has 0 fully saturated rings. The van der Waals surface area contributed by atoms with Crippen LogP contribution in [0, 0.1) is 6.92 Å². The van der Waals surface area contributed by atoms with Gasteiger partial charge >= 0.3 is 0 Å². The molecule has 0 spiro atoms. The first-order chi connectivity index (χ1) is 11.2. The predicted molar refractivity (Wildman–Crippen MR) is 104 cm³/mol. The SMILES string of the molecule is Cc1cc(NC(=O)CN(c2cccc(Br)c2)S(C)(=O)=O)ccc1Br. The number of halogens is 2. The van der Waals surface area contributed by atoms with E-state index in [0.717, 1.165) is 25.1 Å². The van der Waals surface area contributed by atoms with Crippen molar-refractivity contribution in [2.45, 2.75) is 6.92 Å². The standard InChI is InChI=1S/C16H16Br2N2O3S/c1-11-8-13(6-7-15(11)18)19-16(21)10-20(24(2,22)23)14-5-3-4-12(17)9-14/h3-9H,10H2,1-2H3,(H,19,21). The molecule has 0 heterocycles. The minimum atomic E-state index is -3.59. The van der Waals surface area contributed by atoms with Crippen molar-refractivity contribution in [2.24, 2.45) is 0 Å². The van der Waals surface area contributed by atoms with Gasteiger partial charge in [0.05, 0.1) is 11.9 Å². The van der Waals surface area contributed by atoms with Gasteiger partial charge in [0, 0.05) is 14.6 Å². The Morgan fingerprint density at radius 1 is 1.17 bits per heavy atom. The molecule has 2 aromatic rings. The normalized spacial score (nSPS) is 11.2. The van der Waals surface area contributed by atoms with Crippen LogP contribution in [0.2, 0.25) is 0 Å². The van der Waals surface area contributed by atoms with Gasteiger partial charge in [-0.05, 0) is 48.9 Å². The fourth-order valence-electron chi connectivity index (χ4n) is 2.08. The van der Waals surface area contributed by atoms with Gasteiger partial charge in [-0.25, -0.2) is 8.42 Å². The van der Waals surface area contributed by atoms with Gasteiger partial charge in [0.15, 0.2) is 0 Å². The molecular weight excluding hydrogens is 460 g/mol. The molecule has 5 nitrogen and oxygen atoms in total. The highest BCUT2D eigenvalue weighted by Gasteiger charge is 2.21. The lowest BCUT2D eigenvalue weighted by Gasteiger charge is -2.22. The van der Waals surface area contributed by atoms with Crippen molar-refractivity contribution in [2.75, 3.05) is 22.4 Å². The lowest BCUT2D eigenvalue weighted by Crippen LogP contribution is -2.37. The minimum absolute atomic E-state index is 0.301. The lowest BCUT2D eigenvalue weighted by atomic mass is 10.2. The third-order valence-electron chi connectivity index (χ3n) is 3.23. The van der Waals surface area contributed by atoms with Crippen molar-refractivity contribution in [3.8, 4) is 0 Å². The number of nitrogens with zero attached hydrogens (tertiary/aromatic N) is 1. The Morgan fingerprint density at radius 3 is 2.46 bits per heavy atom. The van der Waals surface area contributed by atoms with Crippen LogP contribution in [0.15, 0.2) is 51.4 Å². The molecule has 0 saturated carbocycles. The van der Waals surface area contributed by atoms with Crippen molar-refractivity contribution in [1.82, 2.24) is 0 Å². The Morgan fingerprint density at radius 2 is 1.88 bits per heavy atom. The fourth-order valence-corrected chi connectivity index (χ4v) is 3.57. The quantitative estimate of drug-likeness (QED) is 0.712. The van der Waals surface area contributed by atoms with Gasteiger partial charge in [-0.3, -0.25) is 9.10 Å². The molecule has 0 saturated heterocycles. The molecular formula is C16H16Br2N2O3S. The summed E-state index contributed by atoms with van der Waals surface area (Å²) < 4.78 is 26.8. The number of sulfonamides is 1. The molecule has 0 radical (unpaired) electrons. The first-order valence-electron chi connectivity index (χ1n) is 6.96. The van der Waals surface area contributed by atoms with Crippen LogP contribution in [0.5, 0.6) is 0 Å². The van der Waals surface area contributed by atoms with E-state index in [2.05, 4.69) is 37.2 Å². The summed E-state index contributed by atoms with van der Waals surface area (Å²) in [6.45, 7) is 1.61. The van der Waals surface area contributed by atoms with Gasteiger partial charge in [-0.2, -0.15) is 0 Å². The number of anilines is 2. The molecule has 0 aromatic heterocycles. The lowest BCUT2D eigenvalue weighted by molar-refractivity contribution is -0.114. The van der Waals surface area contributed by atoms with Crippen molar-refractivity contribution >= 4 is 59.2 Å². The average molecular weight is 476 g/mol. The highest BCUT2D eigenvalue weighted by atomic mass is 79.9. The molecule has 2 aromatic carbocycles. The number of hydrogen-bond donors (Lipinski definition) is 1. The van der Waals surface area contributed by atoms with E-state index < -0.39 is 15.9 Å². The molecule has 1 amide bonds. The van der Waals surface area contributed by atoms with E-state index in [1.165, 1.54) is 0 Å². The summed E-state index contributed by atoms with van der Waals surface area (Å²) in [7, 11) is -3.59. The zero-order valence-electron chi connectivity index (χ0n) is 13.1. The Hall–Kier alpha value is -1.38. The summed E-state index contributed by atoms with van der Waals surface area (Å²) in [6.07, 6.45) is 1.07. The smallest absolute Gasteiger partial charge is 0.245 e. The van der Waals surface area contributed by atoms with Crippen molar-refractivity contribution < 1.29 is 13.2 Å². The van der Waals surface area contributed by atoms with E-state index in [4.69, 9.17) is 0 Å². The maximum Gasteiger partial charge on any atom is 0.245 e. The molecule has 0 aliphatic rings. The molecule has 0 atom stereocenters. The van der Waals surface area contributed by atoms with Gasteiger partial charge in [0.1, 0.15) is 6.54 Å². The van der Waals surface area contributed by atoms with E-state index in [1.807, 2.05) is 19.1 Å². The molecule has 0 bridgehead atoms. The second kappa shape index (κ2) is 7.67. The number of benzene rings is 2. The van der Waals surface area contributed by atoms with Crippen molar-refractivity contribution in [3.05, 3.63) is 57.0 Å². The van der Waals surface area contributed by atoms with Crippen LogP contribution in [0.3, 0.4) is 0 Å². The monoisotopic (exact) mass is 474 g/mol. The van der Waals surface area contributed by atoms with Gasteiger partial charge in [0.2, 0.25) is 15.9 Å². The molecule has 8 heteroatoms. The van der Waals surface area contributed by atoms with Crippen LogP contribution in [0.25, 0.3) is 0 Å². The molecule has 128 valence electrons. The Labute approximate surface area is 158 Å². The highest BCUT2D eigenvalue weighted by molar-refractivity contribution is 9.10. The van der Waals surface area contributed by atoms with Crippen LogP contribution in [0.1, 0.15) is 5.56 Å². The number of nitrogens with one attached hydrogen (secondary N) is 1. The van der Waals surface area contributed by atoms with Crippen molar-refractivity contribution in [3.63, 3.8) is 0 Å². The van der Waals surface area contributed by atoms with Crippen LogP contribution in [-0.2, 0) is 14.8 Å². The van der Waals surface area contributed by atoms with Gasteiger partial charge < -0.3 is 5.32 Å². The number of carbonyl (C=O) groups excluding carboxylic acids is 1. The maximum absolute atomic E-state index is 12.3. The van der Waals surface area contributed by atoms with E-state index in [1.54, 1.807) is 30.3 Å². The predicted octanol–water partition coefficient (Wildman–Crippen LogP) is 3.92. The summed E-state index contributed by atoms with van der Waals surface area (Å²) in [4.78, 5) is 12.3. The summed E-state index contributed by atoms with van der Waals surface area (Å²) in [5.74, 6) is -0.415. The van der Waals surface area contributed by atoms with Crippen molar-refractivity contribution in [1.29, 1.82) is 0 Å². The second-order valence-corrected chi connectivity index (χ2v) is 8.94. The Bertz CT molecular complexity index is 869. The van der Waals surface area contributed by atoms with E-state index in [9.17, 15) is 13.2 Å². The topological polar surface area (TPSA) is 66.5 Å². The van der Waals surface area contributed by atoms with Crippen LogP contribution >= 0.6 is 31.9 Å². The average Bonchev–Trinajstić information content (AvgIpc) is 2.47. The highest BCUT2D eigenvalue weighted by Crippen LogP contribution is 2.23. The zero-order valence-corrected chi connectivity index (χ0v) is 17.1.